The van der Waals surface area contributed by atoms with Crippen LogP contribution in [0.3, 0.4) is 0 Å². The van der Waals surface area contributed by atoms with Crippen molar-refractivity contribution in [3.05, 3.63) is 11.9 Å². The summed E-state index contributed by atoms with van der Waals surface area (Å²) in [5, 5.41) is 2.53. The maximum Gasteiger partial charge on any atom is 0.279 e. The highest BCUT2D eigenvalue weighted by Crippen LogP contribution is 2.26. The first-order valence-corrected chi connectivity index (χ1v) is 9.85. The van der Waals surface area contributed by atoms with Crippen molar-refractivity contribution in [3.63, 3.8) is 0 Å². The van der Waals surface area contributed by atoms with Crippen LogP contribution in [0, 0.1) is 5.92 Å². The summed E-state index contributed by atoms with van der Waals surface area (Å²) in [5.41, 5.74) is 0. The molecule has 0 unspecified atom stereocenters. The summed E-state index contributed by atoms with van der Waals surface area (Å²) in [4.78, 5) is 11.8. The van der Waals surface area contributed by atoms with E-state index in [2.05, 4.69) is 5.32 Å². The van der Waals surface area contributed by atoms with Gasteiger partial charge in [-0.15, -0.1) is 0 Å². The third-order valence-electron chi connectivity index (χ3n) is 4.50. The van der Waals surface area contributed by atoms with Gasteiger partial charge in [-0.3, -0.25) is 4.79 Å². The standard InChI is InChI=1S/C15H25FN2O3S/c1-22(20,21)18-9-5-8-13(18)11-17-15(19)14(16)10-12-6-3-2-4-7-12/h10,12-13H,2-9,11H2,1H3,(H,17,19)/b14-10-/t13-/m1/s1. The van der Waals surface area contributed by atoms with Gasteiger partial charge in [-0.1, -0.05) is 19.3 Å². The third-order valence-corrected chi connectivity index (χ3v) is 5.83. The zero-order valence-electron chi connectivity index (χ0n) is 13.1. The highest BCUT2D eigenvalue weighted by atomic mass is 32.2. The number of amides is 1. The van der Waals surface area contributed by atoms with Crippen LogP contribution in [0.4, 0.5) is 4.39 Å². The molecule has 0 aromatic carbocycles. The molecule has 0 spiro atoms. The van der Waals surface area contributed by atoms with Gasteiger partial charge in [0, 0.05) is 19.1 Å². The summed E-state index contributed by atoms with van der Waals surface area (Å²) in [6.45, 7) is 0.637. The molecule has 7 heteroatoms. The smallest absolute Gasteiger partial charge is 0.279 e. The van der Waals surface area contributed by atoms with Gasteiger partial charge < -0.3 is 5.32 Å². The van der Waals surface area contributed by atoms with Gasteiger partial charge in [0.15, 0.2) is 5.83 Å². The van der Waals surface area contributed by atoms with Crippen LogP contribution < -0.4 is 5.32 Å². The number of carbonyl (C=O) groups is 1. The van der Waals surface area contributed by atoms with Gasteiger partial charge in [-0.2, -0.15) is 4.31 Å². The lowest BCUT2D eigenvalue weighted by Crippen LogP contribution is -2.42. The third kappa shape index (κ3) is 4.78. The fraction of sp³-hybridized carbons (Fsp3) is 0.800. The van der Waals surface area contributed by atoms with Crippen LogP contribution in [0.25, 0.3) is 0 Å². The maximum absolute atomic E-state index is 13.9. The van der Waals surface area contributed by atoms with E-state index in [1.54, 1.807) is 0 Å². The normalized spacial score (nSPS) is 25.4. The summed E-state index contributed by atoms with van der Waals surface area (Å²) < 4.78 is 38.5. The van der Waals surface area contributed by atoms with Crippen molar-refractivity contribution in [1.82, 2.24) is 9.62 Å². The molecular formula is C15H25FN2O3S. The molecule has 126 valence electrons. The topological polar surface area (TPSA) is 66.5 Å². The molecule has 2 rings (SSSR count). The molecule has 1 N–H and O–H groups in total. The van der Waals surface area contributed by atoms with Crippen LogP contribution in [0.15, 0.2) is 11.9 Å². The molecule has 0 aromatic rings. The molecule has 0 aromatic heterocycles. The zero-order valence-corrected chi connectivity index (χ0v) is 13.9. The maximum atomic E-state index is 13.9. The Morgan fingerprint density at radius 1 is 1.23 bits per heavy atom. The minimum Gasteiger partial charge on any atom is -0.348 e. The fourth-order valence-electron chi connectivity index (χ4n) is 3.33. The van der Waals surface area contributed by atoms with Gasteiger partial charge in [0.05, 0.1) is 6.26 Å². The number of nitrogens with zero attached hydrogens (tertiary/aromatic N) is 1. The van der Waals surface area contributed by atoms with Crippen molar-refractivity contribution in [3.8, 4) is 0 Å². The minimum atomic E-state index is -3.27. The second kappa shape index (κ2) is 7.55. The van der Waals surface area contributed by atoms with E-state index in [9.17, 15) is 17.6 Å². The summed E-state index contributed by atoms with van der Waals surface area (Å²) in [7, 11) is -3.27. The quantitative estimate of drug-likeness (QED) is 0.783. The highest BCUT2D eigenvalue weighted by molar-refractivity contribution is 7.88. The average Bonchev–Trinajstić information content (AvgIpc) is 2.94. The first-order chi connectivity index (χ1) is 10.4. The van der Waals surface area contributed by atoms with Crippen molar-refractivity contribution in [2.24, 2.45) is 5.92 Å². The van der Waals surface area contributed by atoms with Gasteiger partial charge in [-0.05, 0) is 37.7 Å². The Labute approximate surface area is 132 Å². The SMILES string of the molecule is CS(=O)(=O)N1CCC[C@@H]1CNC(=O)/C(F)=C/C1CCCCC1. The lowest BCUT2D eigenvalue weighted by molar-refractivity contribution is -0.119. The highest BCUT2D eigenvalue weighted by Gasteiger charge is 2.31. The van der Waals surface area contributed by atoms with Crippen molar-refractivity contribution in [1.29, 1.82) is 0 Å². The van der Waals surface area contributed by atoms with E-state index in [4.69, 9.17) is 0 Å². The summed E-state index contributed by atoms with van der Waals surface area (Å²) in [6.07, 6.45) is 9.28. The second-order valence-electron chi connectivity index (χ2n) is 6.29. The van der Waals surface area contributed by atoms with Crippen molar-refractivity contribution >= 4 is 15.9 Å². The van der Waals surface area contributed by atoms with E-state index in [0.717, 1.165) is 38.4 Å². The number of sulfonamides is 1. The molecule has 1 aliphatic heterocycles. The lowest BCUT2D eigenvalue weighted by atomic mass is 9.89. The van der Waals surface area contributed by atoms with E-state index in [1.165, 1.54) is 16.8 Å². The van der Waals surface area contributed by atoms with E-state index in [1.807, 2.05) is 0 Å². The van der Waals surface area contributed by atoms with Crippen molar-refractivity contribution < 1.29 is 17.6 Å². The first kappa shape index (κ1) is 17.4. The number of rotatable bonds is 5. The molecule has 1 heterocycles. The Morgan fingerprint density at radius 3 is 2.55 bits per heavy atom. The average molecular weight is 332 g/mol. The number of halogens is 1. The Morgan fingerprint density at radius 2 is 1.91 bits per heavy atom. The van der Waals surface area contributed by atoms with Crippen LogP contribution in [-0.2, 0) is 14.8 Å². The van der Waals surface area contributed by atoms with Crippen LogP contribution >= 0.6 is 0 Å². The van der Waals surface area contributed by atoms with Crippen LogP contribution in [0.1, 0.15) is 44.9 Å². The molecule has 0 radical (unpaired) electrons. The number of hydrogen-bond donors (Lipinski definition) is 1. The molecule has 1 saturated heterocycles. The molecule has 2 fully saturated rings. The predicted molar refractivity (Wildman–Crippen MR) is 83.3 cm³/mol. The molecule has 1 atom stereocenters. The molecule has 1 saturated carbocycles. The van der Waals surface area contributed by atoms with Crippen molar-refractivity contribution in [2.75, 3.05) is 19.3 Å². The van der Waals surface area contributed by atoms with Crippen molar-refractivity contribution in [2.45, 2.75) is 51.0 Å². The Hall–Kier alpha value is -0.950. The number of hydrogen-bond acceptors (Lipinski definition) is 3. The van der Waals surface area contributed by atoms with Gasteiger partial charge in [0.25, 0.3) is 5.91 Å². The number of nitrogens with one attached hydrogen (secondary N) is 1. The Balaban J connectivity index is 1.85. The monoisotopic (exact) mass is 332 g/mol. The lowest BCUT2D eigenvalue weighted by Gasteiger charge is -2.22. The van der Waals surface area contributed by atoms with Gasteiger partial charge in [-0.25, -0.2) is 12.8 Å². The second-order valence-corrected chi connectivity index (χ2v) is 8.23. The molecule has 5 nitrogen and oxygen atoms in total. The number of carbonyl (C=O) groups excluding carboxylic acids is 1. The van der Waals surface area contributed by atoms with Gasteiger partial charge >= 0.3 is 0 Å². The minimum absolute atomic E-state index is 0.151. The molecule has 2 aliphatic rings. The summed E-state index contributed by atoms with van der Waals surface area (Å²) in [5.74, 6) is -1.32. The molecule has 0 bridgehead atoms. The first-order valence-electron chi connectivity index (χ1n) is 8.00. The Kier molecular flexibility index (Phi) is 5.97. The zero-order chi connectivity index (χ0) is 16.2. The summed E-state index contributed by atoms with van der Waals surface area (Å²) in [6, 6.07) is -0.263. The summed E-state index contributed by atoms with van der Waals surface area (Å²) >= 11 is 0. The van der Waals surface area contributed by atoms with E-state index < -0.39 is 21.8 Å². The Bertz CT molecular complexity index is 527. The fourth-order valence-corrected chi connectivity index (χ4v) is 4.51. The van der Waals surface area contributed by atoms with E-state index in [0.29, 0.717) is 13.0 Å². The van der Waals surface area contributed by atoms with E-state index >= 15 is 0 Å². The van der Waals surface area contributed by atoms with Crippen LogP contribution in [0.5, 0.6) is 0 Å². The van der Waals surface area contributed by atoms with Gasteiger partial charge in [0.1, 0.15) is 0 Å². The molecule has 1 amide bonds. The molecule has 1 aliphatic carbocycles. The van der Waals surface area contributed by atoms with Crippen LogP contribution in [-0.4, -0.2) is 44.0 Å². The predicted octanol–water partition coefficient (Wildman–Crippen LogP) is 1.96. The molecular weight excluding hydrogens is 307 g/mol. The van der Waals surface area contributed by atoms with Crippen LogP contribution in [0.2, 0.25) is 0 Å². The largest absolute Gasteiger partial charge is 0.348 e. The molecule has 22 heavy (non-hydrogen) atoms. The van der Waals surface area contributed by atoms with Gasteiger partial charge in [0.2, 0.25) is 10.0 Å². The van der Waals surface area contributed by atoms with E-state index in [-0.39, 0.29) is 18.5 Å². The number of allylic oxidation sites excluding steroid dienone is 1.